The van der Waals surface area contributed by atoms with E-state index in [4.69, 9.17) is 0 Å². The molecule has 0 radical (unpaired) electrons. The van der Waals surface area contributed by atoms with Crippen LogP contribution in [-0.2, 0) is 11.3 Å². The maximum Gasteiger partial charge on any atom is 0.247 e. The summed E-state index contributed by atoms with van der Waals surface area (Å²) in [5, 5.41) is 13.6. The van der Waals surface area contributed by atoms with E-state index in [2.05, 4.69) is 49.3 Å². The topological polar surface area (TPSA) is 62.2 Å². The lowest BCUT2D eigenvalue weighted by Gasteiger charge is -2.48. The predicted molar refractivity (Wildman–Crippen MR) is 117 cm³/mol. The summed E-state index contributed by atoms with van der Waals surface area (Å²) in [6.45, 7) is 8.94. The van der Waals surface area contributed by atoms with Gasteiger partial charge in [0.2, 0.25) is 5.91 Å². The van der Waals surface area contributed by atoms with Crippen molar-refractivity contribution >= 4 is 5.91 Å². The van der Waals surface area contributed by atoms with Crippen molar-refractivity contribution in [3.05, 3.63) is 66.0 Å². The number of fused-ring (bicyclic) bond motifs is 1. The zero-order valence-electron chi connectivity index (χ0n) is 18.0. The van der Waals surface area contributed by atoms with Crippen LogP contribution in [0.25, 0.3) is 0 Å². The number of nitrogens with one attached hydrogen (secondary N) is 1. The van der Waals surface area contributed by atoms with Crippen LogP contribution in [0.2, 0.25) is 0 Å². The van der Waals surface area contributed by atoms with Crippen molar-refractivity contribution in [1.82, 2.24) is 10.3 Å². The van der Waals surface area contributed by atoms with Crippen LogP contribution in [0.5, 0.6) is 0 Å². The molecule has 0 spiro atoms. The molecule has 4 heteroatoms. The fourth-order valence-corrected chi connectivity index (χ4v) is 5.03. The second-order valence-electron chi connectivity index (χ2n) is 8.90. The first-order chi connectivity index (χ1) is 13.9. The third-order valence-corrected chi connectivity index (χ3v) is 6.82. The number of aromatic nitrogens is 1. The summed E-state index contributed by atoms with van der Waals surface area (Å²) in [6.07, 6.45) is 15.1. The Balaban J connectivity index is 1.64. The van der Waals surface area contributed by atoms with Crippen molar-refractivity contribution in [3.8, 4) is 0 Å². The highest BCUT2D eigenvalue weighted by atomic mass is 16.3. The molecule has 156 valence electrons. The van der Waals surface area contributed by atoms with Crippen LogP contribution in [0.1, 0.15) is 39.7 Å². The molecule has 1 aromatic rings. The van der Waals surface area contributed by atoms with Gasteiger partial charge in [-0.1, -0.05) is 51.2 Å². The number of carbonyl (C=O) groups excluding carboxylic acids is 1. The van der Waals surface area contributed by atoms with E-state index in [9.17, 15) is 9.90 Å². The number of rotatable bonds is 5. The van der Waals surface area contributed by atoms with Gasteiger partial charge >= 0.3 is 0 Å². The zero-order valence-corrected chi connectivity index (χ0v) is 18.0. The summed E-state index contributed by atoms with van der Waals surface area (Å²) in [5.74, 6) is 2.36. The minimum absolute atomic E-state index is 0.0591. The molecule has 2 N–H and O–H groups in total. The van der Waals surface area contributed by atoms with Gasteiger partial charge in [0.05, 0.1) is 6.10 Å². The van der Waals surface area contributed by atoms with Crippen LogP contribution in [0, 0.1) is 35.5 Å². The van der Waals surface area contributed by atoms with Crippen molar-refractivity contribution in [2.24, 2.45) is 35.5 Å². The molecule has 2 aliphatic rings. The van der Waals surface area contributed by atoms with E-state index in [1.807, 2.05) is 31.2 Å². The highest BCUT2D eigenvalue weighted by molar-refractivity contribution is 5.93. The van der Waals surface area contributed by atoms with Gasteiger partial charge in [0.15, 0.2) is 0 Å². The van der Waals surface area contributed by atoms with Crippen molar-refractivity contribution in [1.29, 1.82) is 0 Å². The summed E-state index contributed by atoms with van der Waals surface area (Å²) in [6, 6.07) is 3.79. The van der Waals surface area contributed by atoms with Crippen LogP contribution in [0.3, 0.4) is 0 Å². The largest absolute Gasteiger partial charge is 0.393 e. The van der Waals surface area contributed by atoms with Gasteiger partial charge in [-0.05, 0) is 66.5 Å². The maximum atomic E-state index is 12.3. The lowest BCUT2D eigenvalue weighted by molar-refractivity contribution is -0.117. The van der Waals surface area contributed by atoms with Gasteiger partial charge < -0.3 is 10.4 Å². The zero-order chi connectivity index (χ0) is 21.0. The minimum Gasteiger partial charge on any atom is -0.393 e. The van der Waals surface area contributed by atoms with Crippen LogP contribution in [0.15, 0.2) is 60.5 Å². The van der Waals surface area contributed by atoms with Gasteiger partial charge in [0, 0.05) is 24.5 Å². The quantitative estimate of drug-likeness (QED) is 0.445. The van der Waals surface area contributed by atoms with Crippen molar-refractivity contribution in [3.63, 3.8) is 0 Å². The summed E-state index contributed by atoms with van der Waals surface area (Å²) < 4.78 is 0. The third kappa shape index (κ3) is 5.05. The van der Waals surface area contributed by atoms with Gasteiger partial charge in [0.1, 0.15) is 0 Å². The molecular weight excluding hydrogens is 360 g/mol. The summed E-state index contributed by atoms with van der Waals surface area (Å²) in [5.41, 5.74) is 1.72. The number of aliphatic hydroxyl groups is 1. The van der Waals surface area contributed by atoms with Gasteiger partial charge in [-0.25, -0.2) is 0 Å². The van der Waals surface area contributed by atoms with Gasteiger partial charge in [-0.3, -0.25) is 9.78 Å². The van der Waals surface area contributed by atoms with Crippen LogP contribution in [0.4, 0.5) is 0 Å². The molecule has 1 fully saturated rings. The monoisotopic (exact) mass is 394 g/mol. The highest BCUT2D eigenvalue weighted by Crippen LogP contribution is 2.48. The lowest BCUT2D eigenvalue weighted by atomic mass is 9.58. The first kappa shape index (κ1) is 21.5. The number of carbonyl (C=O) groups is 1. The third-order valence-electron chi connectivity index (χ3n) is 6.82. The Bertz CT molecular complexity index is 783. The highest BCUT2D eigenvalue weighted by Gasteiger charge is 2.44. The van der Waals surface area contributed by atoms with E-state index in [0.29, 0.717) is 41.7 Å². The SMILES string of the molecule is C/C(=C\C=C\[C@@H]1[C@@H]2[C@H](C)[C@@H](O)[C@H](C)C[C@@H]2C=C[C@H]1C)C(=O)NCc1ccncc1. The molecule has 0 unspecified atom stereocenters. The van der Waals surface area contributed by atoms with E-state index in [-0.39, 0.29) is 17.9 Å². The van der Waals surface area contributed by atoms with Crippen LogP contribution < -0.4 is 5.32 Å². The molecule has 1 aromatic heterocycles. The molecule has 0 aromatic carbocycles. The van der Waals surface area contributed by atoms with Crippen LogP contribution in [-0.4, -0.2) is 22.1 Å². The lowest BCUT2D eigenvalue weighted by Crippen LogP contribution is -2.46. The Morgan fingerprint density at radius 1 is 1.24 bits per heavy atom. The summed E-state index contributed by atoms with van der Waals surface area (Å²) in [7, 11) is 0. The maximum absolute atomic E-state index is 12.3. The molecule has 0 saturated heterocycles. The number of amides is 1. The van der Waals surface area contributed by atoms with E-state index >= 15 is 0 Å². The van der Waals surface area contributed by atoms with Gasteiger partial charge in [-0.15, -0.1) is 0 Å². The van der Waals surface area contributed by atoms with E-state index in [1.165, 1.54) is 0 Å². The molecule has 7 atom stereocenters. The Morgan fingerprint density at radius 2 is 1.97 bits per heavy atom. The second kappa shape index (κ2) is 9.53. The molecule has 1 amide bonds. The first-order valence-corrected chi connectivity index (χ1v) is 10.8. The molecule has 0 bridgehead atoms. The predicted octanol–water partition coefficient (Wildman–Crippen LogP) is 4.29. The Labute approximate surface area is 174 Å². The average Bonchev–Trinajstić information content (AvgIpc) is 2.72. The minimum atomic E-state index is -0.234. The van der Waals surface area contributed by atoms with Crippen molar-refractivity contribution in [2.45, 2.75) is 46.8 Å². The Hall–Kier alpha value is -2.20. The number of hydrogen-bond donors (Lipinski definition) is 2. The summed E-state index contributed by atoms with van der Waals surface area (Å²) in [4.78, 5) is 16.3. The average molecular weight is 395 g/mol. The standard InChI is InChI=1S/C25H34N2O2/c1-16-8-9-21-14-18(3)24(28)19(4)23(21)22(16)7-5-6-17(2)25(29)27-15-20-10-12-26-13-11-20/h5-13,16,18-19,21-24,28H,14-15H2,1-4H3,(H,27,29)/b7-5+,17-6+/t16-,18-,19+,21+,22+,23-,24+/m1/s1. The van der Waals surface area contributed by atoms with Gasteiger partial charge in [0.25, 0.3) is 0 Å². The molecule has 4 nitrogen and oxygen atoms in total. The van der Waals surface area contributed by atoms with E-state index in [1.54, 1.807) is 12.4 Å². The summed E-state index contributed by atoms with van der Waals surface area (Å²) >= 11 is 0. The van der Waals surface area contributed by atoms with E-state index < -0.39 is 0 Å². The number of hydrogen-bond acceptors (Lipinski definition) is 3. The number of aliphatic hydroxyl groups excluding tert-OH is 1. The fraction of sp³-hybridized carbons (Fsp3) is 0.520. The van der Waals surface area contributed by atoms with Gasteiger partial charge in [-0.2, -0.15) is 0 Å². The Morgan fingerprint density at radius 3 is 2.69 bits per heavy atom. The van der Waals surface area contributed by atoms with Crippen molar-refractivity contribution in [2.75, 3.05) is 0 Å². The molecule has 0 aliphatic heterocycles. The molecule has 29 heavy (non-hydrogen) atoms. The van der Waals surface area contributed by atoms with Crippen LogP contribution >= 0.6 is 0 Å². The normalized spacial score (nSPS) is 34.8. The second-order valence-corrected chi connectivity index (χ2v) is 8.90. The van der Waals surface area contributed by atoms with Crippen molar-refractivity contribution < 1.29 is 9.90 Å². The Kier molecular flexibility index (Phi) is 7.07. The number of nitrogens with zero attached hydrogens (tertiary/aromatic N) is 1. The number of pyridine rings is 1. The molecule has 3 rings (SSSR count). The molecule has 1 heterocycles. The smallest absolute Gasteiger partial charge is 0.247 e. The number of allylic oxidation sites excluding steroid dienone is 5. The van der Waals surface area contributed by atoms with E-state index in [0.717, 1.165) is 12.0 Å². The molecular formula is C25H34N2O2. The molecule has 1 saturated carbocycles. The molecule has 2 aliphatic carbocycles. The first-order valence-electron chi connectivity index (χ1n) is 10.8. The fourth-order valence-electron chi connectivity index (χ4n) is 5.03.